The fraction of sp³-hybridized carbons (Fsp3) is 0.545. The Hall–Kier alpha value is -0.800. The first kappa shape index (κ1) is 9.43. The van der Waals surface area contributed by atoms with Gasteiger partial charge in [0.05, 0.1) is 5.02 Å². The van der Waals surface area contributed by atoms with Crippen molar-refractivity contribution in [2.75, 3.05) is 18.0 Å². The number of anilines is 1. The van der Waals surface area contributed by atoms with Crippen LogP contribution in [0.15, 0.2) is 18.3 Å². The largest absolute Gasteiger partial charge is 0.353 e. The van der Waals surface area contributed by atoms with Crippen molar-refractivity contribution >= 4 is 17.4 Å². The van der Waals surface area contributed by atoms with Crippen LogP contribution in [0.2, 0.25) is 5.02 Å². The lowest BCUT2D eigenvalue weighted by Gasteiger charge is -2.33. The molecule has 1 unspecified atom stereocenters. The van der Waals surface area contributed by atoms with Gasteiger partial charge in [-0.15, -0.1) is 0 Å². The van der Waals surface area contributed by atoms with E-state index in [9.17, 15) is 0 Å². The van der Waals surface area contributed by atoms with Crippen molar-refractivity contribution in [3.63, 3.8) is 0 Å². The summed E-state index contributed by atoms with van der Waals surface area (Å²) in [6.07, 6.45) is 4.32. The van der Waals surface area contributed by atoms with E-state index in [0.717, 1.165) is 18.9 Å². The molecule has 2 saturated heterocycles. The highest BCUT2D eigenvalue weighted by molar-refractivity contribution is 6.30. The van der Waals surface area contributed by atoms with Crippen LogP contribution in [-0.2, 0) is 0 Å². The molecule has 2 aliphatic rings. The predicted molar refractivity (Wildman–Crippen MR) is 61.4 cm³/mol. The number of fused-ring (bicyclic) bond motifs is 2. The fourth-order valence-corrected chi connectivity index (χ4v) is 2.65. The third kappa shape index (κ3) is 1.82. The van der Waals surface area contributed by atoms with Gasteiger partial charge >= 0.3 is 0 Å². The number of aromatic nitrogens is 1. The Balaban J connectivity index is 1.80. The molecule has 0 radical (unpaired) electrons. The quantitative estimate of drug-likeness (QED) is 0.785. The summed E-state index contributed by atoms with van der Waals surface area (Å²) < 4.78 is 0. The van der Waals surface area contributed by atoms with Gasteiger partial charge in [0.25, 0.3) is 0 Å². The number of hydrogen-bond donors (Lipinski definition) is 1. The smallest absolute Gasteiger partial charge is 0.128 e. The van der Waals surface area contributed by atoms with E-state index in [1.807, 2.05) is 12.1 Å². The first-order valence-electron chi connectivity index (χ1n) is 5.44. The molecule has 2 aliphatic heterocycles. The van der Waals surface area contributed by atoms with Crippen molar-refractivity contribution in [1.82, 2.24) is 10.3 Å². The molecule has 0 aromatic carbocycles. The van der Waals surface area contributed by atoms with Crippen LogP contribution in [0, 0.1) is 0 Å². The molecule has 2 bridgehead atoms. The first-order chi connectivity index (χ1) is 7.31. The summed E-state index contributed by atoms with van der Waals surface area (Å²) in [4.78, 5) is 6.72. The van der Waals surface area contributed by atoms with E-state index in [2.05, 4.69) is 15.2 Å². The van der Waals surface area contributed by atoms with E-state index < -0.39 is 0 Å². The fourth-order valence-electron chi connectivity index (χ4n) is 2.54. The summed E-state index contributed by atoms with van der Waals surface area (Å²) in [7, 11) is 0. The molecule has 15 heavy (non-hydrogen) atoms. The van der Waals surface area contributed by atoms with E-state index >= 15 is 0 Å². The summed E-state index contributed by atoms with van der Waals surface area (Å²) in [5, 5.41) is 4.31. The van der Waals surface area contributed by atoms with Gasteiger partial charge in [0.1, 0.15) is 5.82 Å². The molecule has 3 heterocycles. The van der Waals surface area contributed by atoms with E-state index in [-0.39, 0.29) is 0 Å². The molecule has 0 saturated carbocycles. The molecule has 3 nitrogen and oxygen atoms in total. The zero-order chi connectivity index (χ0) is 10.3. The molecule has 1 aromatic heterocycles. The van der Waals surface area contributed by atoms with Crippen LogP contribution in [0.4, 0.5) is 5.82 Å². The topological polar surface area (TPSA) is 28.2 Å². The minimum Gasteiger partial charge on any atom is -0.353 e. The van der Waals surface area contributed by atoms with Crippen LogP contribution in [-0.4, -0.2) is 30.2 Å². The number of piperazine rings is 1. The van der Waals surface area contributed by atoms with Gasteiger partial charge in [-0.3, -0.25) is 0 Å². The Morgan fingerprint density at radius 2 is 2.00 bits per heavy atom. The van der Waals surface area contributed by atoms with Crippen LogP contribution in [0.3, 0.4) is 0 Å². The van der Waals surface area contributed by atoms with Crippen molar-refractivity contribution in [2.24, 2.45) is 0 Å². The van der Waals surface area contributed by atoms with Gasteiger partial charge < -0.3 is 10.2 Å². The number of halogens is 1. The molecule has 1 N–H and O–H groups in total. The SMILES string of the molecule is Clc1ccc(N2CC3CC[C@H](C2)N3)nc1. The third-order valence-electron chi connectivity index (χ3n) is 3.25. The number of hydrogen-bond acceptors (Lipinski definition) is 3. The Morgan fingerprint density at radius 3 is 2.60 bits per heavy atom. The molecule has 0 aliphatic carbocycles. The predicted octanol–water partition coefficient (Wildman–Crippen LogP) is 1.68. The number of nitrogens with one attached hydrogen (secondary N) is 1. The van der Waals surface area contributed by atoms with Crippen molar-refractivity contribution < 1.29 is 0 Å². The molecule has 0 spiro atoms. The van der Waals surface area contributed by atoms with Gasteiger partial charge in [-0.25, -0.2) is 4.98 Å². The second-order valence-corrected chi connectivity index (χ2v) is 4.81. The molecule has 2 fully saturated rings. The highest BCUT2D eigenvalue weighted by atomic mass is 35.5. The van der Waals surface area contributed by atoms with Crippen molar-refractivity contribution in [2.45, 2.75) is 24.9 Å². The van der Waals surface area contributed by atoms with E-state index in [1.54, 1.807) is 6.20 Å². The molecule has 2 atom stereocenters. The average molecular weight is 224 g/mol. The van der Waals surface area contributed by atoms with Gasteiger partial charge in [-0.1, -0.05) is 11.6 Å². The maximum absolute atomic E-state index is 5.83. The van der Waals surface area contributed by atoms with Crippen LogP contribution in [0.5, 0.6) is 0 Å². The standard InChI is InChI=1S/C11H14ClN3/c12-8-1-4-11(13-5-8)15-6-9-2-3-10(7-15)14-9/h1,4-5,9-10,14H,2-3,6-7H2/t9-,10?/m1/s1. The van der Waals surface area contributed by atoms with Gasteiger partial charge in [0, 0.05) is 31.4 Å². The van der Waals surface area contributed by atoms with Gasteiger partial charge in [-0.05, 0) is 25.0 Å². The van der Waals surface area contributed by atoms with Crippen LogP contribution in [0.1, 0.15) is 12.8 Å². The second kappa shape index (κ2) is 3.65. The summed E-state index contributed by atoms with van der Waals surface area (Å²) in [6, 6.07) is 5.23. The number of nitrogens with zero attached hydrogens (tertiary/aromatic N) is 2. The molecule has 4 heteroatoms. The lowest BCUT2D eigenvalue weighted by atomic mass is 10.2. The minimum atomic E-state index is 0.654. The number of pyridine rings is 1. The molecule has 0 amide bonds. The molecule has 1 aromatic rings. The zero-order valence-corrected chi connectivity index (χ0v) is 9.24. The Kier molecular flexibility index (Phi) is 2.29. The summed E-state index contributed by atoms with van der Waals surface area (Å²) in [5.41, 5.74) is 0. The molecule has 3 rings (SSSR count). The van der Waals surface area contributed by atoms with Crippen LogP contribution in [0.25, 0.3) is 0 Å². The molecular formula is C11H14ClN3. The third-order valence-corrected chi connectivity index (χ3v) is 3.48. The normalized spacial score (nSPS) is 29.5. The van der Waals surface area contributed by atoms with E-state index in [4.69, 9.17) is 11.6 Å². The summed E-state index contributed by atoms with van der Waals surface area (Å²) in [5.74, 6) is 1.05. The monoisotopic (exact) mass is 223 g/mol. The summed E-state index contributed by atoms with van der Waals surface area (Å²) >= 11 is 5.83. The number of rotatable bonds is 1. The zero-order valence-electron chi connectivity index (χ0n) is 8.49. The molecule has 80 valence electrons. The van der Waals surface area contributed by atoms with E-state index in [1.165, 1.54) is 12.8 Å². The van der Waals surface area contributed by atoms with Crippen LogP contribution < -0.4 is 10.2 Å². The van der Waals surface area contributed by atoms with E-state index in [0.29, 0.717) is 17.1 Å². The Bertz CT molecular complexity index is 339. The highest BCUT2D eigenvalue weighted by Crippen LogP contribution is 2.24. The highest BCUT2D eigenvalue weighted by Gasteiger charge is 2.32. The first-order valence-corrected chi connectivity index (χ1v) is 5.81. The Morgan fingerprint density at radius 1 is 1.27 bits per heavy atom. The average Bonchev–Trinajstić information content (AvgIpc) is 2.59. The summed E-state index contributed by atoms with van der Waals surface area (Å²) in [6.45, 7) is 2.15. The lowest BCUT2D eigenvalue weighted by molar-refractivity contribution is 0.463. The van der Waals surface area contributed by atoms with Crippen molar-refractivity contribution in [3.05, 3.63) is 23.4 Å². The lowest BCUT2D eigenvalue weighted by Crippen LogP contribution is -2.51. The van der Waals surface area contributed by atoms with Gasteiger partial charge in [0.15, 0.2) is 0 Å². The van der Waals surface area contributed by atoms with Gasteiger partial charge in [0.2, 0.25) is 0 Å². The maximum atomic E-state index is 5.83. The Labute approximate surface area is 94.4 Å². The van der Waals surface area contributed by atoms with Crippen molar-refractivity contribution in [1.29, 1.82) is 0 Å². The molecular weight excluding hydrogens is 210 g/mol. The van der Waals surface area contributed by atoms with Gasteiger partial charge in [-0.2, -0.15) is 0 Å². The minimum absolute atomic E-state index is 0.654. The second-order valence-electron chi connectivity index (χ2n) is 4.38. The van der Waals surface area contributed by atoms with Crippen molar-refractivity contribution in [3.8, 4) is 0 Å². The maximum Gasteiger partial charge on any atom is 0.128 e. The van der Waals surface area contributed by atoms with Crippen LogP contribution >= 0.6 is 11.6 Å².